The summed E-state index contributed by atoms with van der Waals surface area (Å²) in [6.45, 7) is 3.95. The second kappa shape index (κ2) is 4.28. The second-order valence-electron chi connectivity index (χ2n) is 2.81. The molecule has 0 aromatic carbocycles. The molecule has 3 heteroatoms. The van der Waals surface area contributed by atoms with Gasteiger partial charge in [0.25, 0.3) is 0 Å². The van der Waals surface area contributed by atoms with E-state index in [0.29, 0.717) is 12.3 Å². The minimum absolute atomic E-state index is 0.292. The van der Waals surface area contributed by atoms with Crippen LogP contribution < -0.4 is 5.11 Å². The van der Waals surface area contributed by atoms with E-state index in [9.17, 15) is 9.90 Å². The molecule has 60 valence electrons. The fraction of sp³-hybridized carbons (Fsp3) is 0.857. The summed E-state index contributed by atoms with van der Waals surface area (Å²) in [6.07, 6.45) is -0.280. The zero-order chi connectivity index (χ0) is 8.15. The highest BCUT2D eigenvalue weighted by Gasteiger charge is 2.04. The summed E-state index contributed by atoms with van der Waals surface area (Å²) < 4.78 is 0. The van der Waals surface area contributed by atoms with Crippen LogP contribution in [0.15, 0.2) is 0 Å². The van der Waals surface area contributed by atoms with Crippen LogP contribution in [0.1, 0.15) is 26.7 Å². The Balaban J connectivity index is 3.40. The van der Waals surface area contributed by atoms with Crippen molar-refractivity contribution in [2.75, 3.05) is 0 Å². The minimum atomic E-state index is -1.37. The molecular weight excluding hydrogens is 132 g/mol. The molecule has 0 fully saturated rings. The lowest BCUT2D eigenvalue weighted by Gasteiger charge is -2.11. The van der Waals surface area contributed by atoms with Crippen LogP contribution in [-0.2, 0) is 4.79 Å². The Morgan fingerprint density at radius 3 is 2.30 bits per heavy atom. The number of carbonyl (C=O) groups is 1. The highest BCUT2D eigenvalue weighted by Crippen LogP contribution is 2.05. The predicted octanol–water partition coefficient (Wildman–Crippen LogP) is -0.467. The van der Waals surface area contributed by atoms with E-state index in [1.165, 1.54) is 0 Å². The van der Waals surface area contributed by atoms with E-state index in [2.05, 4.69) is 0 Å². The Labute approximate surface area is 60.7 Å². The third kappa shape index (κ3) is 4.32. The first-order valence-electron chi connectivity index (χ1n) is 3.43. The SMILES string of the molecule is CC(C)CCC(O)C(=O)[O-]. The highest BCUT2D eigenvalue weighted by atomic mass is 16.4. The van der Waals surface area contributed by atoms with Gasteiger partial charge in [0, 0.05) is 0 Å². The number of carboxylic acid groups (broad SMARTS) is 1. The van der Waals surface area contributed by atoms with Crippen molar-refractivity contribution in [2.24, 2.45) is 5.92 Å². The zero-order valence-corrected chi connectivity index (χ0v) is 6.33. The third-order valence-electron chi connectivity index (χ3n) is 1.29. The van der Waals surface area contributed by atoms with Gasteiger partial charge in [0.05, 0.1) is 12.1 Å². The first-order valence-corrected chi connectivity index (χ1v) is 3.43. The first-order chi connectivity index (χ1) is 4.54. The van der Waals surface area contributed by atoms with E-state index in [1.54, 1.807) is 0 Å². The maximum absolute atomic E-state index is 9.95. The molecule has 0 aromatic rings. The molecule has 1 unspecified atom stereocenters. The van der Waals surface area contributed by atoms with Crippen LogP contribution in [0.5, 0.6) is 0 Å². The van der Waals surface area contributed by atoms with Crippen molar-refractivity contribution in [2.45, 2.75) is 32.8 Å². The summed E-state index contributed by atoms with van der Waals surface area (Å²) >= 11 is 0. The van der Waals surface area contributed by atoms with Crippen LogP contribution in [-0.4, -0.2) is 17.2 Å². The van der Waals surface area contributed by atoms with E-state index in [0.717, 1.165) is 6.42 Å². The average molecular weight is 145 g/mol. The number of aliphatic hydroxyl groups is 1. The smallest absolute Gasteiger partial charge is 0.0933 e. The zero-order valence-electron chi connectivity index (χ0n) is 6.33. The summed E-state index contributed by atoms with van der Waals surface area (Å²) in [5, 5.41) is 18.7. The van der Waals surface area contributed by atoms with Gasteiger partial charge in [-0.25, -0.2) is 0 Å². The lowest BCUT2D eigenvalue weighted by Crippen LogP contribution is -2.35. The molecule has 10 heavy (non-hydrogen) atoms. The molecule has 0 rings (SSSR count). The molecule has 0 aliphatic carbocycles. The number of carbonyl (C=O) groups excluding carboxylic acids is 1. The Morgan fingerprint density at radius 1 is 1.50 bits per heavy atom. The summed E-state index contributed by atoms with van der Waals surface area (Å²) in [5.41, 5.74) is 0. The first kappa shape index (κ1) is 9.43. The van der Waals surface area contributed by atoms with Crippen molar-refractivity contribution < 1.29 is 15.0 Å². The van der Waals surface area contributed by atoms with Gasteiger partial charge in [-0.1, -0.05) is 13.8 Å². The van der Waals surface area contributed by atoms with Crippen LogP contribution in [0, 0.1) is 5.92 Å². The van der Waals surface area contributed by atoms with E-state index >= 15 is 0 Å². The lowest BCUT2D eigenvalue weighted by atomic mass is 10.1. The van der Waals surface area contributed by atoms with Crippen molar-refractivity contribution >= 4 is 5.97 Å². The van der Waals surface area contributed by atoms with Gasteiger partial charge < -0.3 is 15.0 Å². The molecule has 1 atom stereocenters. The maximum Gasteiger partial charge on any atom is 0.0933 e. The van der Waals surface area contributed by atoms with Crippen molar-refractivity contribution in [1.29, 1.82) is 0 Å². The van der Waals surface area contributed by atoms with Crippen molar-refractivity contribution in [1.82, 2.24) is 0 Å². The standard InChI is InChI=1S/C7H14O3/c1-5(2)3-4-6(8)7(9)10/h5-6,8H,3-4H2,1-2H3,(H,9,10)/p-1. The number of aliphatic carboxylic acids is 1. The van der Waals surface area contributed by atoms with Gasteiger partial charge in [-0.3, -0.25) is 0 Å². The van der Waals surface area contributed by atoms with E-state index in [1.807, 2.05) is 13.8 Å². The summed E-state index contributed by atoms with van der Waals surface area (Å²) in [4.78, 5) is 9.95. The van der Waals surface area contributed by atoms with E-state index in [4.69, 9.17) is 5.11 Å². The number of aliphatic hydroxyl groups excluding tert-OH is 1. The molecule has 1 N–H and O–H groups in total. The monoisotopic (exact) mass is 145 g/mol. The Bertz CT molecular complexity index is 109. The summed E-state index contributed by atoms with van der Waals surface area (Å²) in [5.74, 6) is -0.949. The molecule has 0 bridgehead atoms. The second-order valence-corrected chi connectivity index (χ2v) is 2.81. The molecular formula is C7H13O3-. The molecule has 0 aromatic heterocycles. The molecule has 0 aliphatic rings. The Morgan fingerprint density at radius 2 is 2.00 bits per heavy atom. The molecule has 3 nitrogen and oxygen atoms in total. The molecule has 0 saturated carbocycles. The van der Waals surface area contributed by atoms with Crippen LogP contribution in [0.4, 0.5) is 0 Å². The van der Waals surface area contributed by atoms with E-state index < -0.39 is 12.1 Å². The molecule has 0 radical (unpaired) electrons. The lowest BCUT2D eigenvalue weighted by molar-refractivity contribution is -0.315. The Hall–Kier alpha value is -0.570. The van der Waals surface area contributed by atoms with Crippen LogP contribution >= 0.6 is 0 Å². The number of hydrogen-bond acceptors (Lipinski definition) is 3. The summed E-state index contributed by atoms with van der Waals surface area (Å²) in [6, 6.07) is 0. The molecule has 0 amide bonds. The quantitative estimate of drug-likeness (QED) is 0.582. The molecule has 0 saturated heterocycles. The van der Waals surface area contributed by atoms with Gasteiger partial charge in [0.2, 0.25) is 0 Å². The van der Waals surface area contributed by atoms with Crippen LogP contribution in [0.3, 0.4) is 0 Å². The van der Waals surface area contributed by atoms with Gasteiger partial charge in [0.15, 0.2) is 0 Å². The normalized spacial score (nSPS) is 13.6. The Kier molecular flexibility index (Phi) is 4.03. The summed E-state index contributed by atoms with van der Waals surface area (Å²) in [7, 11) is 0. The number of carboxylic acids is 1. The van der Waals surface area contributed by atoms with Gasteiger partial charge in [-0.15, -0.1) is 0 Å². The fourth-order valence-electron chi connectivity index (χ4n) is 0.609. The molecule has 0 spiro atoms. The number of rotatable bonds is 4. The topological polar surface area (TPSA) is 60.4 Å². The minimum Gasteiger partial charge on any atom is -0.547 e. The molecule has 0 aliphatic heterocycles. The van der Waals surface area contributed by atoms with Gasteiger partial charge in [-0.05, 0) is 18.8 Å². The van der Waals surface area contributed by atoms with Crippen molar-refractivity contribution in [3.63, 3.8) is 0 Å². The van der Waals surface area contributed by atoms with Crippen molar-refractivity contribution in [3.05, 3.63) is 0 Å². The maximum atomic E-state index is 9.95. The highest BCUT2D eigenvalue weighted by molar-refractivity contribution is 5.69. The van der Waals surface area contributed by atoms with Crippen LogP contribution in [0.25, 0.3) is 0 Å². The average Bonchev–Trinajstić information content (AvgIpc) is 1.82. The number of hydrogen-bond donors (Lipinski definition) is 1. The van der Waals surface area contributed by atoms with Crippen LogP contribution in [0.2, 0.25) is 0 Å². The largest absolute Gasteiger partial charge is 0.547 e. The van der Waals surface area contributed by atoms with Gasteiger partial charge in [0.1, 0.15) is 0 Å². The van der Waals surface area contributed by atoms with E-state index in [-0.39, 0.29) is 0 Å². The predicted molar refractivity (Wildman–Crippen MR) is 35.1 cm³/mol. The van der Waals surface area contributed by atoms with Crippen molar-refractivity contribution in [3.8, 4) is 0 Å². The fourth-order valence-corrected chi connectivity index (χ4v) is 0.609. The molecule has 0 heterocycles. The van der Waals surface area contributed by atoms with Gasteiger partial charge in [-0.2, -0.15) is 0 Å². The third-order valence-corrected chi connectivity index (χ3v) is 1.29. The van der Waals surface area contributed by atoms with Gasteiger partial charge >= 0.3 is 0 Å².